The molecule has 0 unspecified atom stereocenters. The normalized spacial score (nSPS) is 13.6. The molecular formula is C19H20N4O4. The lowest BCUT2D eigenvalue weighted by molar-refractivity contribution is -0.122. The van der Waals surface area contributed by atoms with E-state index in [0.29, 0.717) is 36.0 Å². The van der Waals surface area contributed by atoms with Crippen LogP contribution in [0.5, 0.6) is 11.5 Å². The van der Waals surface area contributed by atoms with E-state index < -0.39 is 5.56 Å². The number of aromatic nitrogens is 2. The second-order valence-corrected chi connectivity index (χ2v) is 6.35. The van der Waals surface area contributed by atoms with E-state index in [2.05, 4.69) is 10.4 Å². The standard InChI is InChI=1S/C19H20N4O4/c1-11-12(2)22-23(19(25)15(11)9-20)10-18(24)21-13(3)14-4-5-16-17(8-14)27-7-6-26-16/h4-5,8,13H,6-7,10H2,1-3H3,(H,21,24)/t13-/m0/s1. The van der Waals surface area contributed by atoms with Crippen molar-refractivity contribution in [2.45, 2.75) is 33.4 Å². The molecule has 8 nitrogen and oxygen atoms in total. The maximum atomic E-state index is 12.4. The van der Waals surface area contributed by atoms with Crippen molar-refractivity contribution >= 4 is 5.91 Å². The second-order valence-electron chi connectivity index (χ2n) is 6.35. The van der Waals surface area contributed by atoms with E-state index in [1.54, 1.807) is 19.9 Å². The van der Waals surface area contributed by atoms with Crippen LogP contribution >= 0.6 is 0 Å². The number of nitrogens with one attached hydrogen (secondary N) is 1. The number of nitrogens with zero attached hydrogens (tertiary/aromatic N) is 3. The van der Waals surface area contributed by atoms with E-state index in [-0.39, 0.29) is 24.1 Å². The van der Waals surface area contributed by atoms with Gasteiger partial charge in [-0.25, -0.2) is 4.68 Å². The Hall–Kier alpha value is -3.34. The highest BCUT2D eigenvalue weighted by Gasteiger charge is 2.18. The molecule has 0 radical (unpaired) electrons. The van der Waals surface area contributed by atoms with Gasteiger partial charge in [0.05, 0.1) is 11.7 Å². The van der Waals surface area contributed by atoms with Crippen molar-refractivity contribution in [3.8, 4) is 17.6 Å². The molecule has 1 amide bonds. The zero-order valence-electron chi connectivity index (χ0n) is 15.4. The lowest BCUT2D eigenvalue weighted by atomic mass is 10.1. The van der Waals surface area contributed by atoms with Crippen molar-refractivity contribution in [1.82, 2.24) is 15.1 Å². The summed E-state index contributed by atoms with van der Waals surface area (Å²) in [4.78, 5) is 24.7. The molecule has 2 aromatic rings. The molecule has 2 heterocycles. The highest BCUT2D eigenvalue weighted by Crippen LogP contribution is 2.32. The number of amides is 1. The number of hydrogen-bond donors (Lipinski definition) is 1. The first kappa shape index (κ1) is 18.5. The fourth-order valence-electron chi connectivity index (χ4n) is 2.85. The molecular weight excluding hydrogens is 348 g/mol. The Morgan fingerprint density at radius 3 is 2.74 bits per heavy atom. The summed E-state index contributed by atoms with van der Waals surface area (Å²) in [5, 5.41) is 16.1. The van der Waals surface area contributed by atoms with Crippen LogP contribution in [0, 0.1) is 25.2 Å². The van der Waals surface area contributed by atoms with Gasteiger partial charge in [0.2, 0.25) is 5.91 Å². The Labute approximate surface area is 156 Å². The van der Waals surface area contributed by atoms with Crippen LogP contribution in [0.4, 0.5) is 0 Å². The molecule has 1 aromatic heterocycles. The molecule has 1 N–H and O–H groups in total. The predicted molar refractivity (Wildman–Crippen MR) is 96.7 cm³/mol. The molecule has 3 rings (SSSR count). The highest BCUT2D eigenvalue weighted by molar-refractivity contribution is 5.76. The molecule has 1 aromatic carbocycles. The SMILES string of the molecule is Cc1nn(CC(=O)N[C@@H](C)c2ccc3c(c2)OCCO3)c(=O)c(C#N)c1C. The number of hydrogen-bond acceptors (Lipinski definition) is 6. The van der Waals surface area contributed by atoms with Crippen molar-refractivity contribution in [2.75, 3.05) is 13.2 Å². The average Bonchev–Trinajstić information content (AvgIpc) is 2.66. The van der Waals surface area contributed by atoms with E-state index in [9.17, 15) is 9.59 Å². The van der Waals surface area contributed by atoms with Crippen molar-refractivity contribution in [3.63, 3.8) is 0 Å². The van der Waals surface area contributed by atoms with Gasteiger partial charge in [-0.3, -0.25) is 9.59 Å². The van der Waals surface area contributed by atoms with Crippen molar-refractivity contribution in [2.24, 2.45) is 0 Å². The van der Waals surface area contributed by atoms with Crippen LogP contribution in [0.1, 0.15) is 35.3 Å². The predicted octanol–water partition coefficient (Wildman–Crippen LogP) is 1.38. The number of ether oxygens (including phenoxy) is 2. The third kappa shape index (κ3) is 3.77. The van der Waals surface area contributed by atoms with Crippen LogP contribution < -0.4 is 20.3 Å². The largest absolute Gasteiger partial charge is 0.486 e. The fraction of sp³-hybridized carbons (Fsp3) is 0.368. The minimum Gasteiger partial charge on any atom is -0.486 e. The number of carbonyl (C=O) groups excluding carboxylic acids is 1. The molecule has 1 aliphatic heterocycles. The highest BCUT2D eigenvalue weighted by atomic mass is 16.6. The summed E-state index contributed by atoms with van der Waals surface area (Å²) in [5.41, 5.74) is 1.37. The van der Waals surface area contributed by atoms with Crippen LogP contribution in [0.2, 0.25) is 0 Å². The minimum atomic E-state index is -0.567. The Balaban J connectivity index is 1.74. The van der Waals surface area contributed by atoms with E-state index in [1.165, 1.54) is 0 Å². The molecule has 1 atom stereocenters. The third-order valence-electron chi connectivity index (χ3n) is 4.49. The maximum Gasteiger partial charge on any atom is 0.285 e. The summed E-state index contributed by atoms with van der Waals surface area (Å²) >= 11 is 0. The minimum absolute atomic E-state index is 0.00943. The number of fused-ring (bicyclic) bond motifs is 1. The van der Waals surface area contributed by atoms with E-state index >= 15 is 0 Å². The topological polar surface area (TPSA) is 106 Å². The van der Waals surface area contributed by atoms with Gasteiger partial charge in [-0.1, -0.05) is 6.07 Å². The van der Waals surface area contributed by atoms with E-state index in [0.717, 1.165) is 10.2 Å². The average molecular weight is 368 g/mol. The first-order valence-corrected chi connectivity index (χ1v) is 8.58. The van der Waals surface area contributed by atoms with Crippen LogP contribution in [0.3, 0.4) is 0 Å². The number of aryl methyl sites for hydroxylation is 1. The Morgan fingerprint density at radius 2 is 2.04 bits per heavy atom. The Bertz CT molecular complexity index is 990. The second kappa shape index (κ2) is 7.50. The van der Waals surface area contributed by atoms with E-state index in [4.69, 9.17) is 14.7 Å². The first-order chi connectivity index (χ1) is 12.9. The van der Waals surface area contributed by atoms with Crippen molar-refractivity contribution < 1.29 is 14.3 Å². The molecule has 0 aliphatic carbocycles. The van der Waals surface area contributed by atoms with Crippen LogP contribution in [0.15, 0.2) is 23.0 Å². The van der Waals surface area contributed by atoms with Gasteiger partial charge in [0, 0.05) is 0 Å². The Kier molecular flexibility index (Phi) is 5.12. The molecule has 0 saturated heterocycles. The summed E-state index contributed by atoms with van der Waals surface area (Å²) in [6, 6.07) is 7.07. The van der Waals surface area contributed by atoms with Crippen molar-refractivity contribution in [1.29, 1.82) is 5.26 Å². The van der Waals surface area contributed by atoms with Gasteiger partial charge in [-0.2, -0.15) is 10.4 Å². The van der Waals surface area contributed by atoms with Gasteiger partial charge in [-0.05, 0) is 44.0 Å². The monoisotopic (exact) mass is 368 g/mol. The summed E-state index contributed by atoms with van der Waals surface area (Å²) in [6.45, 7) is 5.93. The molecule has 27 heavy (non-hydrogen) atoms. The Morgan fingerprint density at radius 1 is 1.33 bits per heavy atom. The number of benzene rings is 1. The molecule has 1 aliphatic rings. The molecule has 0 bridgehead atoms. The maximum absolute atomic E-state index is 12.4. The quantitative estimate of drug-likeness (QED) is 0.874. The number of carbonyl (C=O) groups is 1. The number of rotatable bonds is 4. The molecule has 0 fully saturated rings. The lowest BCUT2D eigenvalue weighted by Crippen LogP contribution is -2.36. The molecule has 0 spiro atoms. The number of nitriles is 1. The first-order valence-electron chi connectivity index (χ1n) is 8.58. The van der Waals surface area contributed by atoms with Gasteiger partial charge < -0.3 is 14.8 Å². The zero-order chi connectivity index (χ0) is 19.6. The third-order valence-corrected chi connectivity index (χ3v) is 4.49. The van der Waals surface area contributed by atoms with Crippen LogP contribution in [-0.2, 0) is 11.3 Å². The smallest absolute Gasteiger partial charge is 0.285 e. The lowest BCUT2D eigenvalue weighted by Gasteiger charge is -2.21. The molecule has 8 heteroatoms. The van der Waals surface area contributed by atoms with Crippen LogP contribution in [-0.4, -0.2) is 28.9 Å². The summed E-state index contributed by atoms with van der Waals surface area (Å²) in [5.74, 6) is 0.947. The van der Waals surface area contributed by atoms with Gasteiger partial charge >= 0.3 is 0 Å². The molecule has 140 valence electrons. The van der Waals surface area contributed by atoms with Gasteiger partial charge in [0.25, 0.3) is 5.56 Å². The zero-order valence-corrected chi connectivity index (χ0v) is 15.4. The summed E-state index contributed by atoms with van der Waals surface area (Å²) < 4.78 is 12.1. The fourth-order valence-corrected chi connectivity index (χ4v) is 2.85. The van der Waals surface area contributed by atoms with E-state index in [1.807, 2.05) is 25.1 Å². The van der Waals surface area contributed by atoms with Gasteiger partial charge in [0.1, 0.15) is 31.4 Å². The van der Waals surface area contributed by atoms with Crippen molar-refractivity contribution in [3.05, 3.63) is 50.9 Å². The summed E-state index contributed by atoms with van der Waals surface area (Å²) in [7, 11) is 0. The summed E-state index contributed by atoms with van der Waals surface area (Å²) in [6.07, 6.45) is 0. The van der Waals surface area contributed by atoms with Crippen LogP contribution in [0.25, 0.3) is 0 Å². The van der Waals surface area contributed by atoms with Gasteiger partial charge in [-0.15, -0.1) is 0 Å². The molecule has 0 saturated carbocycles. The van der Waals surface area contributed by atoms with Gasteiger partial charge in [0.15, 0.2) is 11.5 Å².